The zero-order valence-corrected chi connectivity index (χ0v) is 27.0. The zero-order valence-electron chi connectivity index (χ0n) is 27.0. The van der Waals surface area contributed by atoms with Crippen molar-refractivity contribution in [2.75, 3.05) is 26.9 Å². The molecule has 0 spiro atoms. The van der Waals surface area contributed by atoms with Gasteiger partial charge in [0.05, 0.1) is 40.1 Å². The fraction of sp³-hybridized carbons (Fsp3) is 0.342. The van der Waals surface area contributed by atoms with Crippen LogP contribution < -0.4 is 10.1 Å². The summed E-state index contributed by atoms with van der Waals surface area (Å²) in [5.41, 5.74) is 3.72. The molecule has 1 heterocycles. The van der Waals surface area contributed by atoms with Crippen LogP contribution in [0.5, 0.6) is 5.75 Å². The molecule has 0 bridgehead atoms. The first-order valence-electron chi connectivity index (χ1n) is 16.0. The lowest BCUT2D eigenvalue weighted by Gasteiger charge is -2.44. The van der Waals surface area contributed by atoms with E-state index in [2.05, 4.69) is 5.32 Å². The van der Waals surface area contributed by atoms with Crippen molar-refractivity contribution in [1.82, 2.24) is 5.32 Å². The van der Waals surface area contributed by atoms with E-state index < -0.39 is 36.8 Å². The largest absolute Gasteiger partial charge is 0.497 e. The number of carbonyl (C=O) groups excluding carboxylic acids is 1. The molecule has 1 saturated heterocycles. The molecule has 0 unspecified atom stereocenters. The predicted molar refractivity (Wildman–Crippen MR) is 178 cm³/mol. The molecule has 48 heavy (non-hydrogen) atoms. The molecule has 254 valence electrons. The highest BCUT2D eigenvalue weighted by atomic mass is 16.7. The number of aliphatic hydroxyl groups excluding tert-OH is 1. The Morgan fingerprint density at radius 3 is 1.81 bits per heavy atom. The molecule has 0 radical (unpaired) electrons. The highest BCUT2D eigenvalue weighted by Crippen LogP contribution is 2.29. The molecule has 1 amide bonds. The average Bonchev–Trinajstić information content (AvgIpc) is 3.14. The maximum Gasteiger partial charge on any atom is 0.407 e. The molecule has 0 aromatic heterocycles. The van der Waals surface area contributed by atoms with Gasteiger partial charge in [0.2, 0.25) is 0 Å². The summed E-state index contributed by atoms with van der Waals surface area (Å²) in [6.45, 7) is 1.29. The Labute approximate surface area is 281 Å². The number of nitrogens with one attached hydrogen (secondary N) is 1. The van der Waals surface area contributed by atoms with Gasteiger partial charge >= 0.3 is 6.09 Å². The number of amides is 1. The summed E-state index contributed by atoms with van der Waals surface area (Å²) >= 11 is 0. The van der Waals surface area contributed by atoms with Crippen LogP contribution in [-0.2, 0) is 54.8 Å². The van der Waals surface area contributed by atoms with Gasteiger partial charge in [-0.3, -0.25) is 0 Å². The maximum atomic E-state index is 12.3. The van der Waals surface area contributed by atoms with Crippen LogP contribution in [0, 0.1) is 0 Å². The van der Waals surface area contributed by atoms with E-state index in [0.717, 1.165) is 28.0 Å². The Bertz CT molecular complexity index is 1470. The number of ether oxygens (including phenoxy) is 7. The molecule has 10 nitrogen and oxygen atoms in total. The fourth-order valence-corrected chi connectivity index (χ4v) is 5.18. The van der Waals surface area contributed by atoms with Crippen molar-refractivity contribution in [3.63, 3.8) is 0 Å². The monoisotopic (exact) mass is 657 g/mol. The van der Waals surface area contributed by atoms with Crippen LogP contribution in [0.25, 0.3) is 0 Å². The molecule has 5 rings (SSSR count). The summed E-state index contributed by atoms with van der Waals surface area (Å²) in [6, 6.07) is 36.4. The third-order valence-electron chi connectivity index (χ3n) is 7.77. The van der Waals surface area contributed by atoms with Gasteiger partial charge in [0, 0.05) is 6.54 Å². The summed E-state index contributed by atoms with van der Waals surface area (Å²) in [6.07, 6.45) is -4.98. The number of methoxy groups -OCH3 is 1. The summed E-state index contributed by atoms with van der Waals surface area (Å²) < 4.78 is 41.7. The van der Waals surface area contributed by atoms with Crippen LogP contribution in [0.3, 0.4) is 0 Å². The van der Waals surface area contributed by atoms with E-state index >= 15 is 0 Å². The maximum absolute atomic E-state index is 12.3. The van der Waals surface area contributed by atoms with Crippen LogP contribution in [0.15, 0.2) is 115 Å². The predicted octanol–water partition coefficient (Wildman–Crippen LogP) is 5.41. The second kappa shape index (κ2) is 18.9. The Morgan fingerprint density at radius 1 is 0.688 bits per heavy atom. The minimum absolute atomic E-state index is 0.0771. The van der Waals surface area contributed by atoms with Crippen LogP contribution >= 0.6 is 0 Å². The van der Waals surface area contributed by atoms with Gasteiger partial charge in [-0.2, -0.15) is 0 Å². The molecule has 0 saturated carbocycles. The molecule has 1 fully saturated rings. The summed E-state index contributed by atoms with van der Waals surface area (Å²) in [5.74, 6) is 0.753. The number of alkyl carbamates (subject to hydrolysis) is 1. The van der Waals surface area contributed by atoms with Crippen LogP contribution in [0.4, 0.5) is 4.79 Å². The molecule has 1 aliphatic heterocycles. The first-order chi connectivity index (χ1) is 23.6. The molecule has 10 heteroatoms. The van der Waals surface area contributed by atoms with Gasteiger partial charge in [-0.05, 0) is 34.4 Å². The lowest BCUT2D eigenvalue weighted by Crippen LogP contribution is -2.61. The SMILES string of the molecule is COc1ccc(COC[C@H]2O[C@@H](OCCNC(=O)OCc3ccccc3)[C@H](OCc3ccccc3)[C@@H](OCc3ccccc3)[C@@H]2O)cc1. The molecular weight excluding hydrogens is 614 g/mol. The van der Waals surface area contributed by atoms with Crippen LogP contribution in [-0.4, -0.2) is 68.8 Å². The van der Waals surface area contributed by atoms with E-state index in [-0.39, 0.29) is 39.6 Å². The van der Waals surface area contributed by atoms with Crippen molar-refractivity contribution in [3.8, 4) is 5.75 Å². The van der Waals surface area contributed by atoms with Crippen molar-refractivity contribution < 1.29 is 43.1 Å². The average molecular weight is 658 g/mol. The summed E-state index contributed by atoms with van der Waals surface area (Å²) in [5, 5.41) is 14.3. The van der Waals surface area contributed by atoms with E-state index in [1.165, 1.54) is 0 Å². The quantitative estimate of drug-likeness (QED) is 0.144. The minimum Gasteiger partial charge on any atom is -0.497 e. The third-order valence-corrected chi connectivity index (χ3v) is 7.77. The van der Waals surface area contributed by atoms with Crippen molar-refractivity contribution in [1.29, 1.82) is 0 Å². The Balaban J connectivity index is 1.24. The summed E-state index contributed by atoms with van der Waals surface area (Å²) in [4.78, 5) is 12.3. The van der Waals surface area contributed by atoms with Gasteiger partial charge in [-0.25, -0.2) is 4.79 Å². The molecule has 5 atom stereocenters. The Kier molecular flexibility index (Phi) is 13.8. The number of hydrogen-bond donors (Lipinski definition) is 2. The van der Waals surface area contributed by atoms with E-state index in [0.29, 0.717) is 6.61 Å². The van der Waals surface area contributed by atoms with Gasteiger partial charge in [0.15, 0.2) is 6.29 Å². The van der Waals surface area contributed by atoms with Gasteiger partial charge < -0.3 is 43.6 Å². The van der Waals surface area contributed by atoms with Crippen molar-refractivity contribution in [3.05, 3.63) is 138 Å². The molecule has 1 aliphatic rings. The van der Waals surface area contributed by atoms with Crippen LogP contribution in [0.2, 0.25) is 0 Å². The fourth-order valence-electron chi connectivity index (χ4n) is 5.18. The Hall–Kier alpha value is -4.29. The second-order valence-electron chi connectivity index (χ2n) is 11.3. The van der Waals surface area contributed by atoms with Crippen molar-refractivity contribution >= 4 is 6.09 Å². The first kappa shape index (κ1) is 35.0. The number of carbonyl (C=O) groups is 1. The molecule has 0 aliphatic carbocycles. The number of aliphatic hydroxyl groups is 1. The van der Waals surface area contributed by atoms with Crippen molar-refractivity contribution in [2.45, 2.75) is 57.1 Å². The van der Waals surface area contributed by atoms with E-state index in [9.17, 15) is 9.90 Å². The van der Waals surface area contributed by atoms with Crippen LogP contribution in [0.1, 0.15) is 22.3 Å². The lowest BCUT2D eigenvalue weighted by molar-refractivity contribution is -0.321. The van der Waals surface area contributed by atoms with Gasteiger partial charge in [0.25, 0.3) is 0 Å². The number of benzene rings is 4. The van der Waals surface area contributed by atoms with Gasteiger partial charge in [-0.1, -0.05) is 103 Å². The van der Waals surface area contributed by atoms with E-state index in [4.69, 9.17) is 33.2 Å². The highest BCUT2D eigenvalue weighted by molar-refractivity contribution is 5.67. The second-order valence-corrected chi connectivity index (χ2v) is 11.3. The molecule has 4 aromatic carbocycles. The first-order valence-corrected chi connectivity index (χ1v) is 16.0. The Morgan fingerprint density at radius 2 is 1.23 bits per heavy atom. The molecule has 2 N–H and O–H groups in total. The normalized spacial score (nSPS) is 20.6. The van der Waals surface area contributed by atoms with Gasteiger partial charge in [0.1, 0.15) is 36.8 Å². The molecular formula is C38H43NO9. The smallest absolute Gasteiger partial charge is 0.407 e. The zero-order chi connectivity index (χ0) is 33.4. The van der Waals surface area contributed by atoms with E-state index in [1.54, 1.807) is 7.11 Å². The highest BCUT2D eigenvalue weighted by Gasteiger charge is 2.47. The number of rotatable bonds is 17. The standard InChI is InChI=1S/C38H43NO9/c1-42-32-19-17-31(18-20-32)23-43-27-33-34(40)35(45-24-28-11-5-2-6-12-28)36(46-25-29-13-7-3-8-14-29)37(48-33)44-22-21-39-38(41)47-26-30-15-9-4-10-16-30/h2-20,33-37,40H,21-27H2,1H3,(H,39,41)/t33-,34-,35+,36-,37-/m1/s1. The van der Waals surface area contributed by atoms with Gasteiger partial charge in [-0.15, -0.1) is 0 Å². The molecule has 4 aromatic rings. The summed E-state index contributed by atoms with van der Waals surface area (Å²) in [7, 11) is 1.62. The van der Waals surface area contributed by atoms with Crippen molar-refractivity contribution in [2.24, 2.45) is 0 Å². The minimum atomic E-state index is -1.09. The lowest BCUT2D eigenvalue weighted by atomic mass is 9.98. The number of hydrogen-bond acceptors (Lipinski definition) is 9. The van der Waals surface area contributed by atoms with E-state index in [1.807, 2.05) is 115 Å². The third kappa shape index (κ3) is 10.9. The topological polar surface area (TPSA) is 114 Å².